The Hall–Kier alpha value is -3.58. The van der Waals surface area contributed by atoms with Gasteiger partial charge in [-0.2, -0.15) is 11.8 Å². The van der Waals surface area contributed by atoms with E-state index in [9.17, 15) is 29.1 Å². The molecule has 4 amide bonds. The molecule has 0 fully saturated rings. The van der Waals surface area contributed by atoms with Crippen molar-refractivity contribution in [1.29, 1.82) is 0 Å². The number of fused-ring (bicyclic) bond motifs is 1. The number of carbonyl (C=O) groups is 5. The van der Waals surface area contributed by atoms with E-state index in [0.29, 0.717) is 5.75 Å². The maximum atomic E-state index is 13.4. The van der Waals surface area contributed by atoms with Crippen LogP contribution in [0.25, 0.3) is 10.9 Å². The molecule has 0 saturated heterocycles. The minimum Gasteiger partial charge on any atom is -0.480 e. The predicted molar refractivity (Wildman–Crippen MR) is 150 cm³/mol. The van der Waals surface area contributed by atoms with Crippen LogP contribution in [0.5, 0.6) is 0 Å². The molecule has 2 rings (SSSR count). The summed E-state index contributed by atoms with van der Waals surface area (Å²) in [6, 6.07) is 2.89. The van der Waals surface area contributed by atoms with Crippen molar-refractivity contribution >= 4 is 52.3 Å². The number of hydrogen-bond acceptors (Lipinski definition) is 7. The molecule has 214 valence electrons. The number of nitrogens with one attached hydrogen (secondary N) is 4. The smallest absolute Gasteiger partial charge is 0.326 e. The second-order valence-corrected chi connectivity index (χ2v) is 10.8. The lowest BCUT2D eigenvalue weighted by atomic mass is 10.00. The largest absolute Gasteiger partial charge is 0.480 e. The highest BCUT2D eigenvalue weighted by Crippen LogP contribution is 2.19. The van der Waals surface area contributed by atoms with Gasteiger partial charge in [-0.15, -0.1) is 0 Å². The zero-order valence-electron chi connectivity index (χ0n) is 22.4. The molecule has 0 bridgehead atoms. The van der Waals surface area contributed by atoms with Crippen LogP contribution < -0.4 is 27.4 Å². The third-order valence-electron chi connectivity index (χ3n) is 6.06. The summed E-state index contributed by atoms with van der Waals surface area (Å²) in [5.74, 6) is -3.46. The number of nitrogens with two attached hydrogens (primary N) is 2. The molecule has 39 heavy (non-hydrogen) atoms. The van der Waals surface area contributed by atoms with E-state index >= 15 is 0 Å². The molecule has 1 aromatic carbocycles. The second kappa shape index (κ2) is 15.1. The van der Waals surface area contributed by atoms with Gasteiger partial charge < -0.3 is 37.5 Å². The molecule has 1 heterocycles. The van der Waals surface area contributed by atoms with Gasteiger partial charge in [0.1, 0.15) is 18.1 Å². The molecule has 0 aliphatic carbocycles. The van der Waals surface area contributed by atoms with Crippen molar-refractivity contribution in [2.24, 2.45) is 17.4 Å². The zero-order valence-corrected chi connectivity index (χ0v) is 23.2. The van der Waals surface area contributed by atoms with Crippen molar-refractivity contribution in [1.82, 2.24) is 20.9 Å². The first-order chi connectivity index (χ1) is 18.4. The lowest BCUT2D eigenvalue weighted by Crippen LogP contribution is -2.58. The topological polar surface area (TPSA) is 210 Å². The fourth-order valence-electron chi connectivity index (χ4n) is 4.06. The van der Waals surface area contributed by atoms with Crippen LogP contribution in [0, 0.1) is 5.92 Å². The van der Waals surface area contributed by atoms with Gasteiger partial charge in [-0.05, 0) is 42.4 Å². The van der Waals surface area contributed by atoms with Crippen LogP contribution in [0.15, 0.2) is 30.5 Å². The number of carbonyl (C=O) groups excluding carboxylic acids is 4. The molecule has 12 nitrogen and oxygen atoms in total. The summed E-state index contributed by atoms with van der Waals surface area (Å²) in [6.45, 7) is 3.71. The Morgan fingerprint density at radius 1 is 0.974 bits per heavy atom. The molecule has 0 radical (unpaired) electrons. The highest BCUT2D eigenvalue weighted by molar-refractivity contribution is 7.98. The first-order valence-corrected chi connectivity index (χ1v) is 14.0. The van der Waals surface area contributed by atoms with Crippen LogP contribution in [0.2, 0.25) is 0 Å². The van der Waals surface area contributed by atoms with Gasteiger partial charge in [0.05, 0.1) is 12.5 Å². The number of para-hydroxylation sites is 1. The molecule has 9 N–H and O–H groups in total. The molecule has 4 unspecified atom stereocenters. The first-order valence-electron chi connectivity index (χ1n) is 12.6. The molecule has 13 heteroatoms. The molecule has 0 aliphatic heterocycles. The van der Waals surface area contributed by atoms with E-state index < -0.39 is 53.8 Å². The van der Waals surface area contributed by atoms with E-state index in [1.54, 1.807) is 6.20 Å². The molecule has 1 aromatic heterocycles. The fourth-order valence-corrected chi connectivity index (χ4v) is 4.53. The Morgan fingerprint density at radius 2 is 1.59 bits per heavy atom. The van der Waals surface area contributed by atoms with Crippen molar-refractivity contribution < 1.29 is 29.1 Å². The summed E-state index contributed by atoms with van der Waals surface area (Å²) in [7, 11) is 0. The van der Waals surface area contributed by atoms with Gasteiger partial charge in [0, 0.05) is 23.5 Å². The highest BCUT2D eigenvalue weighted by atomic mass is 32.2. The van der Waals surface area contributed by atoms with Crippen LogP contribution in [-0.4, -0.2) is 75.9 Å². The number of thioether (sulfide) groups is 1. The van der Waals surface area contributed by atoms with Gasteiger partial charge in [-0.3, -0.25) is 19.2 Å². The number of aliphatic carboxylic acids is 1. The Labute approximate surface area is 231 Å². The number of rotatable bonds is 16. The highest BCUT2D eigenvalue weighted by Gasteiger charge is 2.31. The van der Waals surface area contributed by atoms with Crippen molar-refractivity contribution in [3.63, 3.8) is 0 Å². The Kier molecular flexibility index (Phi) is 12.3. The molecule has 0 aliphatic rings. The van der Waals surface area contributed by atoms with Crippen LogP contribution in [-0.2, 0) is 30.4 Å². The Morgan fingerprint density at radius 3 is 2.21 bits per heavy atom. The average molecular weight is 563 g/mol. The van der Waals surface area contributed by atoms with Gasteiger partial charge in [0.15, 0.2) is 0 Å². The fraction of sp³-hybridized carbons (Fsp3) is 0.500. The van der Waals surface area contributed by atoms with Crippen molar-refractivity contribution in [2.75, 3.05) is 12.0 Å². The van der Waals surface area contributed by atoms with Crippen molar-refractivity contribution in [2.45, 2.75) is 63.7 Å². The van der Waals surface area contributed by atoms with E-state index in [1.165, 1.54) is 11.8 Å². The van der Waals surface area contributed by atoms with Crippen molar-refractivity contribution in [3.05, 3.63) is 36.0 Å². The lowest BCUT2D eigenvalue weighted by molar-refractivity contribution is -0.142. The SMILES string of the molecule is CSCCC(NC(=O)C(Cc1c[nH]c2ccccc12)NC(=O)C(CC(C)C)NC(=O)C(N)CC(N)=O)C(=O)O. The third-order valence-corrected chi connectivity index (χ3v) is 6.70. The summed E-state index contributed by atoms with van der Waals surface area (Å²) >= 11 is 1.45. The molecule has 2 aromatic rings. The van der Waals surface area contributed by atoms with E-state index in [-0.39, 0.29) is 31.6 Å². The maximum Gasteiger partial charge on any atom is 0.326 e. The van der Waals surface area contributed by atoms with E-state index in [0.717, 1.165) is 16.5 Å². The molecule has 0 saturated carbocycles. The number of aromatic nitrogens is 1. The number of aromatic amines is 1. The summed E-state index contributed by atoms with van der Waals surface area (Å²) in [5.41, 5.74) is 12.5. The van der Waals surface area contributed by atoms with Crippen LogP contribution >= 0.6 is 11.8 Å². The van der Waals surface area contributed by atoms with Gasteiger partial charge in [-0.25, -0.2) is 4.79 Å². The van der Waals surface area contributed by atoms with E-state index in [1.807, 2.05) is 44.4 Å². The lowest BCUT2D eigenvalue weighted by Gasteiger charge is -2.26. The third kappa shape index (κ3) is 9.91. The monoisotopic (exact) mass is 562 g/mol. The summed E-state index contributed by atoms with van der Waals surface area (Å²) in [4.78, 5) is 65.3. The molecule has 4 atom stereocenters. The zero-order chi connectivity index (χ0) is 29.1. The van der Waals surface area contributed by atoms with Crippen LogP contribution in [0.1, 0.15) is 38.7 Å². The van der Waals surface area contributed by atoms with Gasteiger partial charge in [-0.1, -0.05) is 32.0 Å². The normalized spacial score (nSPS) is 14.3. The number of carboxylic acid groups (broad SMARTS) is 1. The van der Waals surface area contributed by atoms with Crippen LogP contribution in [0.3, 0.4) is 0 Å². The summed E-state index contributed by atoms with van der Waals surface area (Å²) in [6.07, 6.45) is 3.68. The first kappa shape index (κ1) is 31.6. The minimum absolute atomic E-state index is 0.0164. The van der Waals surface area contributed by atoms with Crippen molar-refractivity contribution in [3.8, 4) is 0 Å². The summed E-state index contributed by atoms with van der Waals surface area (Å²) < 4.78 is 0. The van der Waals surface area contributed by atoms with Gasteiger partial charge in [0.25, 0.3) is 0 Å². The number of hydrogen-bond donors (Lipinski definition) is 7. The Balaban J connectivity index is 2.31. The minimum atomic E-state index is -1.23. The quantitative estimate of drug-likeness (QED) is 0.150. The summed E-state index contributed by atoms with van der Waals surface area (Å²) in [5, 5.41) is 18.3. The van der Waals surface area contributed by atoms with E-state index in [2.05, 4.69) is 20.9 Å². The number of primary amides is 1. The average Bonchev–Trinajstić information content (AvgIpc) is 3.27. The standard InChI is InChI=1S/C26H38N6O6S/c1-14(2)10-20(31-23(34)17(27)12-22(28)33)24(35)32-21(25(36)30-19(26(37)38)8-9-39-3)11-15-13-29-18-7-5-4-6-16(15)18/h4-7,13-14,17,19-21,29H,8-12,27H2,1-3H3,(H2,28,33)(H,30,36)(H,31,34)(H,32,35)(H,37,38). The van der Waals surface area contributed by atoms with Crippen LogP contribution in [0.4, 0.5) is 0 Å². The maximum absolute atomic E-state index is 13.4. The van der Waals surface area contributed by atoms with E-state index in [4.69, 9.17) is 11.5 Å². The number of carboxylic acids is 1. The number of amides is 4. The molecule has 0 spiro atoms. The molecular formula is C26H38N6O6S. The molecular weight excluding hydrogens is 524 g/mol. The predicted octanol–water partition coefficient (Wildman–Crippen LogP) is 0.251. The Bertz CT molecular complexity index is 1170. The number of H-pyrrole nitrogens is 1. The second-order valence-electron chi connectivity index (χ2n) is 9.77. The number of benzene rings is 1. The van der Waals surface area contributed by atoms with Gasteiger partial charge in [0.2, 0.25) is 23.6 Å². The van der Waals surface area contributed by atoms with Gasteiger partial charge >= 0.3 is 5.97 Å².